The van der Waals surface area contributed by atoms with Crippen molar-refractivity contribution < 1.29 is 4.79 Å². The van der Waals surface area contributed by atoms with Crippen LogP contribution in [0, 0.1) is 0 Å². The first-order valence-corrected chi connectivity index (χ1v) is 12.3. The van der Waals surface area contributed by atoms with Crippen LogP contribution < -0.4 is 10.2 Å². The van der Waals surface area contributed by atoms with Crippen LogP contribution in [-0.4, -0.2) is 82.0 Å². The SMILES string of the molecule is CCN1CCN(c2cnc(Nc3cc4c(cn3)cc(C(=O)N(C)C)n4C3CCCC3)nc2)CC1. The molecule has 5 rings (SSSR count). The standard InChI is InChI=1S/C25H34N8O/c1-4-31-9-11-32(12-10-31)20-16-27-25(28-17-20)29-23-14-21-18(15-26-23)13-22(24(34)30(2)3)33(21)19-7-5-6-8-19/h13-17,19H,4-12H2,1-3H3,(H,26,27,28,29). The molecule has 3 aromatic rings. The number of piperazine rings is 1. The lowest BCUT2D eigenvalue weighted by Crippen LogP contribution is -2.46. The molecular weight excluding hydrogens is 428 g/mol. The van der Waals surface area contributed by atoms with Crippen LogP contribution in [0.4, 0.5) is 17.5 Å². The summed E-state index contributed by atoms with van der Waals surface area (Å²) < 4.78 is 2.22. The number of pyridine rings is 1. The largest absolute Gasteiger partial charge is 0.366 e. The number of likely N-dealkylation sites (N-methyl/N-ethyl adjacent to an activating group) is 1. The summed E-state index contributed by atoms with van der Waals surface area (Å²) in [7, 11) is 3.60. The minimum atomic E-state index is 0.0244. The molecule has 2 aliphatic rings. The number of nitrogens with one attached hydrogen (secondary N) is 1. The molecule has 180 valence electrons. The van der Waals surface area contributed by atoms with E-state index < -0.39 is 0 Å². The first kappa shape index (κ1) is 22.6. The van der Waals surface area contributed by atoms with Gasteiger partial charge in [-0.15, -0.1) is 0 Å². The number of nitrogens with zero attached hydrogens (tertiary/aromatic N) is 7. The van der Waals surface area contributed by atoms with Gasteiger partial charge in [0.25, 0.3) is 5.91 Å². The molecule has 0 radical (unpaired) electrons. The Morgan fingerprint density at radius 3 is 2.38 bits per heavy atom. The lowest BCUT2D eigenvalue weighted by molar-refractivity contribution is 0.0815. The fourth-order valence-electron chi connectivity index (χ4n) is 5.13. The molecule has 0 bridgehead atoms. The van der Waals surface area contributed by atoms with E-state index in [0.29, 0.717) is 17.8 Å². The third-order valence-electron chi connectivity index (χ3n) is 7.10. The Morgan fingerprint density at radius 2 is 1.74 bits per heavy atom. The van der Waals surface area contributed by atoms with Crippen molar-refractivity contribution in [2.45, 2.75) is 38.6 Å². The van der Waals surface area contributed by atoms with Crippen molar-refractivity contribution in [3.05, 3.63) is 36.4 Å². The predicted molar refractivity (Wildman–Crippen MR) is 135 cm³/mol. The Kier molecular flexibility index (Phi) is 6.36. The van der Waals surface area contributed by atoms with Crippen LogP contribution in [0.3, 0.4) is 0 Å². The van der Waals surface area contributed by atoms with Gasteiger partial charge >= 0.3 is 0 Å². The van der Waals surface area contributed by atoms with Crippen LogP contribution in [0.1, 0.15) is 49.1 Å². The third kappa shape index (κ3) is 4.44. The van der Waals surface area contributed by atoms with Crippen molar-refractivity contribution in [3.63, 3.8) is 0 Å². The predicted octanol–water partition coefficient (Wildman–Crippen LogP) is 3.53. The molecule has 34 heavy (non-hydrogen) atoms. The number of hydrogen-bond donors (Lipinski definition) is 1. The summed E-state index contributed by atoms with van der Waals surface area (Å²) >= 11 is 0. The Morgan fingerprint density at radius 1 is 1.03 bits per heavy atom. The van der Waals surface area contributed by atoms with Crippen LogP contribution in [0.15, 0.2) is 30.7 Å². The zero-order chi connectivity index (χ0) is 23.7. The second-order valence-electron chi connectivity index (χ2n) is 9.48. The molecule has 0 aromatic carbocycles. The van der Waals surface area contributed by atoms with Gasteiger partial charge in [0.05, 0.1) is 23.6 Å². The second kappa shape index (κ2) is 9.58. The average molecular weight is 463 g/mol. The number of fused-ring (bicyclic) bond motifs is 1. The molecule has 1 saturated carbocycles. The lowest BCUT2D eigenvalue weighted by Gasteiger charge is -2.35. The molecule has 0 unspecified atom stereocenters. The molecular formula is C25H34N8O. The van der Waals surface area contributed by atoms with Gasteiger partial charge in [0.1, 0.15) is 11.5 Å². The van der Waals surface area contributed by atoms with Crippen LogP contribution in [0.25, 0.3) is 10.9 Å². The van der Waals surface area contributed by atoms with Gasteiger partial charge in [-0.25, -0.2) is 15.0 Å². The zero-order valence-corrected chi connectivity index (χ0v) is 20.4. The molecule has 2 fully saturated rings. The van der Waals surface area contributed by atoms with Crippen molar-refractivity contribution in [2.24, 2.45) is 0 Å². The molecule has 0 atom stereocenters. The Hall–Kier alpha value is -3.20. The van der Waals surface area contributed by atoms with Crippen molar-refractivity contribution in [3.8, 4) is 0 Å². The lowest BCUT2D eigenvalue weighted by atomic mass is 10.2. The van der Waals surface area contributed by atoms with Crippen molar-refractivity contribution >= 4 is 34.3 Å². The van der Waals surface area contributed by atoms with E-state index in [1.54, 1.807) is 19.0 Å². The van der Waals surface area contributed by atoms with Gasteiger partial charge in [-0.1, -0.05) is 19.8 Å². The van der Waals surface area contributed by atoms with E-state index in [-0.39, 0.29) is 5.91 Å². The number of hydrogen-bond acceptors (Lipinski definition) is 7. The minimum Gasteiger partial charge on any atom is -0.366 e. The summed E-state index contributed by atoms with van der Waals surface area (Å²) in [5, 5.41) is 4.23. The summed E-state index contributed by atoms with van der Waals surface area (Å²) in [6, 6.07) is 4.33. The van der Waals surface area contributed by atoms with Gasteiger partial charge < -0.3 is 24.6 Å². The quantitative estimate of drug-likeness (QED) is 0.600. The maximum Gasteiger partial charge on any atom is 0.270 e. The number of carbonyl (C=O) groups is 1. The molecule has 1 saturated heterocycles. The maximum absolute atomic E-state index is 12.9. The first-order chi connectivity index (χ1) is 16.5. The minimum absolute atomic E-state index is 0.0244. The Balaban J connectivity index is 1.38. The summed E-state index contributed by atoms with van der Waals surface area (Å²) in [4.78, 5) is 33.0. The normalized spacial score (nSPS) is 17.4. The highest BCUT2D eigenvalue weighted by atomic mass is 16.2. The molecule has 3 aromatic heterocycles. The highest BCUT2D eigenvalue weighted by Gasteiger charge is 2.26. The molecule has 9 heteroatoms. The maximum atomic E-state index is 12.9. The number of aromatic nitrogens is 4. The summed E-state index contributed by atoms with van der Waals surface area (Å²) in [6.07, 6.45) is 10.2. The highest BCUT2D eigenvalue weighted by molar-refractivity contribution is 5.99. The topological polar surface area (TPSA) is 82.4 Å². The van der Waals surface area contributed by atoms with Gasteiger partial charge in [0.2, 0.25) is 5.95 Å². The molecule has 1 aliphatic heterocycles. The number of amides is 1. The molecule has 1 N–H and O–H groups in total. The average Bonchev–Trinajstić information content (AvgIpc) is 3.51. The monoisotopic (exact) mass is 462 g/mol. The van der Waals surface area contributed by atoms with Crippen molar-refractivity contribution in [1.29, 1.82) is 0 Å². The molecule has 1 aliphatic carbocycles. The van der Waals surface area contributed by atoms with E-state index >= 15 is 0 Å². The Labute approximate surface area is 200 Å². The van der Waals surface area contributed by atoms with Crippen LogP contribution >= 0.6 is 0 Å². The first-order valence-electron chi connectivity index (χ1n) is 12.3. The van der Waals surface area contributed by atoms with Gasteiger partial charge in [0, 0.05) is 64.0 Å². The van der Waals surface area contributed by atoms with Crippen molar-refractivity contribution in [1.82, 2.24) is 29.3 Å². The van der Waals surface area contributed by atoms with E-state index in [1.807, 2.05) is 30.7 Å². The van der Waals surface area contributed by atoms with Gasteiger partial charge in [-0.2, -0.15) is 0 Å². The fraction of sp³-hybridized carbons (Fsp3) is 0.520. The van der Waals surface area contributed by atoms with E-state index in [0.717, 1.165) is 67.8 Å². The smallest absolute Gasteiger partial charge is 0.270 e. The number of rotatable bonds is 6. The second-order valence-corrected chi connectivity index (χ2v) is 9.48. The van der Waals surface area contributed by atoms with Crippen LogP contribution in [0.2, 0.25) is 0 Å². The van der Waals surface area contributed by atoms with E-state index in [2.05, 4.69) is 41.6 Å². The molecule has 9 nitrogen and oxygen atoms in total. The molecule has 4 heterocycles. The van der Waals surface area contributed by atoms with Gasteiger partial charge in [-0.05, 0) is 25.5 Å². The van der Waals surface area contributed by atoms with Gasteiger partial charge in [-0.3, -0.25) is 4.79 Å². The number of anilines is 3. The number of carbonyl (C=O) groups excluding carboxylic acids is 1. The summed E-state index contributed by atoms with van der Waals surface area (Å²) in [5.74, 6) is 1.22. The molecule has 1 amide bonds. The fourth-order valence-corrected chi connectivity index (χ4v) is 5.13. The summed E-state index contributed by atoms with van der Waals surface area (Å²) in [5.41, 5.74) is 2.81. The Bertz CT molecular complexity index is 1140. The molecule has 0 spiro atoms. The zero-order valence-electron chi connectivity index (χ0n) is 20.4. The van der Waals surface area contributed by atoms with Gasteiger partial charge in [0.15, 0.2) is 0 Å². The van der Waals surface area contributed by atoms with E-state index in [9.17, 15) is 4.79 Å². The third-order valence-corrected chi connectivity index (χ3v) is 7.10. The van der Waals surface area contributed by atoms with E-state index in [4.69, 9.17) is 0 Å². The van der Waals surface area contributed by atoms with Crippen LogP contribution in [0.5, 0.6) is 0 Å². The van der Waals surface area contributed by atoms with Crippen LogP contribution in [-0.2, 0) is 0 Å². The van der Waals surface area contributed by atoms with Crippen molar-refractivity contribution in [2.75, 3.05) is 57.0 Å². The van der Waals surface area contributed by atoms with E-state index in [1.165, 1.54) is 12.8 Å². The summed E-state index contributed by atoms with van der Waals surface area (Å²) in [6.45, 7) is 7.43. The highest BCUT2D eigenvalue weighted by Crippen LogP contribution is 2.35.